The highest BCUT2D eigenvalue weighted by molar-refractivity contribution is 7.18. The predicted octanol–water partition coefficient (Wildman–Crippen LogP) is 4.64. The van der Waals surface area contributed by atoms with E-state index in [0.717, 1.165) is 28.1 Å². The summed E-state index contributed by atoms with van der Waals surface area (Å²) in [6.07, 6.45) is 2.18. The quantitative estimate of drug-likeness (QED) is 0.613. The van der Waals surface area contributed by atoms with Crippen LogP contribution in [0.1, 0.15) is 43.2 Å². The maximum absolute atomic E-state index is 13.3. The fraction of sp³-hybridized carbons (Fsp3) is 0.333. The van der Waals surface area contributed by atoms with E-state index in [4.69, 9.17) is 0 Å². The molecule has 1 aliphatic heterocycles. The molecule has 6 nitrogen and oxygen atoms in total. The first-order valence-corrected chi connectivity index (χ1v) is 11.4. The third-order valence-electron chi connectivity index (χ3n) is 5.67. The van der Waals surface area contributed by atoms with E-state index >= 15 is 0 Å². The van der Waals surface area contributed by atoms with Crippen LogP contribution in [-0.4, -0.2) is 39.5 Å². The van der Waals surface area contributed by atoms with Crippen molar-refractivity contribution in [3.8, 4) is 10.6 Å². The third kappa shape index (κ3) is 4.66. The molecule has 160 valence electrons. The van der Waals surface area contributed by atoms with Crippen LogP contribution in [0.5, 0.6) is 0 Å². The molecule has 0 spiro atoms. The molecule has 1 aromatic heterocycles. The molecule has 1 fully saturated rings. The van der Waals surface area contributed by atoms with Gasteiger partial charge in [-0.15, -0.1) is 10.2 Å². The Morgan fingerprint density at radius 3 is 2.71 bits per heavy atom. The fourth-order valence-corrected chi connectivity index (χ4v) is 4.84. The lowest BCUT2D eigenvalue weighted by atomic mass is 9.94. The Morgan fingerprint density at radius 2 is 1.97 bits per heavy atom. The summed E-state index contributed by atoms with van der Waals surface area (Å²) in [7, 11) is 0. The summed E-state index contributed by atoms with van der Waals surface area (Å²) in [4.78, 5) is 28.0. The minimum Gasteiger partial charge on any atom is -0.330 e. The van der Waals surface area contributed by atoms with Crippen LogP contribution in [0, 0.1) is 6.92 Å². The molecule has 2 unspecified atom stereocenters. The second-order valence-electron chi connectivity index (χ2n) is 7.83. The van der Waals surface area contributed by atoms with Crippen molar-refractivity contribution in [3.05, 3.63) is 65.7 Å². The van der Waals surface area contributed by atoms with Crippen molar-refractivity contribution < 1.29 is 9.59 Å². The van der Waals surface area contributed by atoms with Gasteiger partial charge in [-0.05, 0) is 37.8 Å². The number of hydrogen-bond acceptors (Lipinski definition) is 5. The molecule has 1 N–H and O–H groups in total. The lowest BCUT2D eigenvalue weighted by molar-refractivity contribution is -0.138. The average Bonchev–Trinajstić information content (AvgIpc) is 3.45. The van der Waals surface area contributed by atoms with Gasteiger partial charge in [0.15, 0.2) is 0 Å². The molecule has 0 radical (unpaired) electrons. The van der Waals surface area contributed by atoms with Crippen molar-refractivity contribution in [3.63, 3.8) is 0 Å². The highest BCUT2D eigenvalue weighted by Crippen LogP contribution is 2.30. The molecule has 0 saturated carbocycles. The molecule has 2 amide bonds. The van der Waals surface area contributed by atoms with Gasteiger partial charge in [0, 0.05) is 12.1 Å². The summed E-state index contributed by atoms with van der Waals surface area (Å²) in [6, 6.07) is 17.3. The highest BCUT2D eigenvalue weighted by Gasteiger charge is 2.37. The Kier molecular flexibility index (Phi) is 6.42. The molecule has 0 bridgehead atoms. The second-order valence-corrected chi connectivity index (χ2v) is 8.81. The number of nitrogens with one attached hydrogen (secondary N) is 1. The Morgan fingerprint density at radius 1 is 1.16 bits per heavy atom. The minimum absolute atomic E-state index is 0.0177. The number of hydrogen-bond donors (Lipinski definition) is 1. The summed E-state index contributed by atoms with van der Waals surface area (Å²) >= 11 is 1.34. The van der Waals surface area contributed by atoms with E-state index in [1.165, 1.54) is 11.3 Å². The summed E-state index contributed by atoms with van der Waals surface area (Å²) in [5, 5.41) is 12.4. The van der Waals surface area contributed by atoms with E-state index in [-0.39, 0.29) is 17.7 Å². The van der Waals surface area contributed by atoms with Crippen molar-refractivity contribution in [1.82, 2.24) is 15.1 Å². The second kappa shape index (κ2) is 9.39. The van der Waals surface area contributed by atoms with Crippen molar-refractivity contribution in [2.75, 3.05) is 11.9 Å². The fourth-order valence-electron chi connectivity index (χ4n) is 4.10. The third-order valence-corrected chi connectivity index (χ3v) is 6.55. The Labute approximate surface area is 186 Å². The van der Waals surface area contributed by atoms with Gasteiger partial charge >= 0.3 is 0 Å². The zero-order valence-electron chi connectivity index (χ0n) is 17.7. The van der Waals surface area contributed by atoms with Gasteiger partial charge in [0.2, 0.25) is 16.9 Å². The zero-order chi connectivity index (χ0) is 21.8. The van der Waals surface area contributed by atoms with Gasteiger partial charge in [-0.3, -0.25) is 14.9 Å². The zero-order valence-corrected chi connectivity index (χ0v) is 18.6. The maximum atomic E-state index is 13.3. The van der Waals surface area contributed by atoms with Crippen molar-refractivity contribution in [1.29, 1.82) is 0 Å². The molecule has 31 heavy (non-hydrogen) atoms. The first-order chi connectivity index (χ1) is 15.1. The van der Waals surface area contributed by atoms with Crippen molar-refractivity contribution in [2.45, 2.75) is 45.1 Å². The number of aryl methyl sites for hydroxylation is 1. The van der Waals surface area contributed by atoms with E-state index in [9.17, 15) is 9.59 Å². The standard InChI is InChI=1S/C24H26N4O2S/c1-3-19(17-10-5-4-6-11-17)23(30)28-14-8-13-20(28)21(29)25-24-27-26-22(31-24)18-12-7-9-16(2)15-18/h4-7,9-12,15,19-20H,3,8,13-14H2,1-2H3,(H,25,27,29). The van der Waals surface area contributed by atoms with Gasteiger partial charge in [-0.1, -0.05) is 72.4 Å². The largest absolute Gasteiger partial charge is 0.330 e. The Balaban J connectivity index is 1.46. The van der Waals surface area contributed by atoms with Gasteiger partial charge in [0.25, 0.3) is 0 Å². The van der Waals surface area contributed by atoms with Gasteiger partial charge < -0.3 is 4.90 Å². The molecule has 2 atom stereocenters. The molecule has 1 saturated heterocycles. The number of anilines is 1. The van der Waals surface area contributed by atoms with Crippen molar-refractivity contribution >= 4 is 28.3 Å². The van der Waals surface area contributed by atoms with Crippen LogP contribution in [-0.2, 0) is 9.59 Å². The van der Waals surface area contributed by atoms with Gasteiger partial charge in [-0.25, -0.2) is 0 Å². The summed E-state index contributed by atoms with van der Waals surface area (Å²) in [5.74, 6) is -0.408. The molecule has 2 heterocycles. The first kappa shape index (κ1) is 21.2. The number of likely N-dealkylation sites (tertiary alicyclic amines) is 1. The van der Waals surface area contributed by atoms with Gasteiger partial charge in [0.1, 0.15) is 11.0 Å². The number of carbonyl (C=O) groups is 2. The number of amides is 2. The average molecular weight is 435 g/mol. The monoisotopic (exact) mass is 434 g/mol. The normalized spacial score (nSPS) is 16.8. The van der Waals surface area contributed by atoms with Crippen LogP contribution in [0.25, 0.3) is 10.6 Å². The van der Waals surface area contributed by atoms with E-state index in [0.29, 0.717) is 24.5 Å². The van der Waals surface area contributed by atoms with Crippen LogP contribution in [0.2, 0.25) is 0 Å². The van der Waals surface area contributed by atoms with Crippen LogP contribution < -0.4 is 5.32 Å². The number of aromatic nitrogens is 2. The smallest absolute Gasteiger partial charge is 0.249 e. The topological polar surface area (TPSA) is 75.2 Å². The van der Waals surface area contributed by atoms with Gasteiger partial charge in [0.05, 0.1) is 5.92 Å². The Bertz CT molecular complexity index is 1070. The molecule has 3 aromatic rings. The maximum Gasteiger partial charge on any atom is 0.249 e. The molecule has 0 aliphatic carbocycles. The molecular formula is C24H26N4O2S. The summed E-state index contributed by atoms with van der Waals surface area (Å²) < 4.78 is 0. The van der Waals surface area contributed by atoms with E-state index in [1.54, 1.807) is 4.90 Å². The number of benzene rings is 2. The van der Waals surface area contributed by atoms with Crippen LogP contribution in [0.15, 0.2) is 54.6 Å². The summed E-state index contributed by atoms with van der Waals surface area (Å²) in [5.41, 5.74) is 3.11. The lowest BCUT2D eigenvalue weighted by Gasteiger charge is -2.27. The van der Waals surface area contributed by atoms with Gasteiger partial charge in [-0.2, -0.15) is 0 Å². The van der Waals surface area contributed by atoms with Crippen LogP contribution in [0.4, 0.5) is 5.13 Å². The highest BCUT2D eigenvalue weighted by atomic mass is 32.1. The Hall–Kier alpha value is -3.06. The SMILES string of the molecule is CCC(C(=O)N1CCCC1C(=O)Nc1nnc(-c2cccc(C)c2)s1)c1ccccc1. The van der Waals surface area contributed by atoms with Crippen LogP contribution in [0.3, 0.4) is 0 Å². The number of rotatable bonds is 6. The minimum atomic E-state index is -0.475. The predicted molar refractivity (Wildman–Crippen MR) is 123 cm³/mol. The molecule has 1 aliphatic rings. The molecule has 2 aromatic carbocycles. The molecule has 7 heteroatoms. The van der Waals surface area contributed by atoms with Crippen molar-refractivity contribution in [2.24, 2.45) is 0 Å². The number of carbonyl (C=O) groups excluding carboxylic acids is 2. The molecular weight excluding hydrogens is 408 g/mol. The van der Waals surface area contributed by atoms with Crippen LogP contribution >= 0.6 is 11.3 Å². The first-order valence-electron chi connectivity index (χ1n) is 10.6. The van der Waals surface area contributed by atoms with E-state index in [1.807, 2.05) is 68.4 Å². The molecule has 4 rings (SSSR count). The summed E-state index contributed by atoms with van der Waals surface area (Å²) in [6.45, 7) is 4.64. The number of nitrogens with zero attached hydrogens (tertiary/aromatic N) is 3. The van der Waals surface area contributed by atoms with E-state index in [2.05, 4.69) is 15.5 Å². The lowest BCUT2D eigenvalue weighted by Crippen LogP contribution is -2.45. The van der Waals surface area contributed by atoms with E-state index < -0.39 is 6.04 Å².